The second-order valence-corrected chi connectivity index (χ2v) is 9.10. The summed E-state index contributed by atoms with van der Waals surface area (Å²) in [6.07, 6.45) is 2.11. The summed E-state index contributed by atoms with van der Waals surface area (Å²) in [5, 5.41) is 0. The molecule has 1 fully saturated rings. The van der Waals surface area contributed by atoms with Crippen LogP contribution in [0.1, 0.15) is 41.3 Å². The third kappa shape index (κ3) is 4.50. The van der Waals surface area contributed by atoms with Gasteiger partial charge in [-0.15, -0.1) is 0 Å². The number of piperidine rings is 1. The fourth-order valence-corrected chi connectivity index (χ4v) is 4.74. The van der Waals surface area contributed by atoms with Gasteiger partial charge in [0.1, 0.15) is 0 Å². The first kappa shape index (κ1) is 19.4. The van der Waals surface area contributed by atoms with Crippen molar-refractivity contribution in [2.24, 2.45) is 5.92 Å². The number of benzene rings is 2. The molecular formula is C21H26N2O3S. The van der Waals surface area contributed by atoms with Crippen LogP contribution in [0.15, 0.2) is 47.4 Å². The summed E-state index contributed by atoms with van der Waals surface area (Å²) in [5.74, 6) is 0.368. The summed E-state index contributed by atoms with van der Waals surface area (Å²) < 4.78 is 28.4. The fourth-order valence-electron chi connectivity index (χ4n) is 3.41. The third-order valence-corrected chi connectivity index (χ3v) is 6.50. The average molecular weight is 387 g/mol. The summed E-state index contributed by atoms with van der Waals surface area (Å²) in [6, 6.07) is 12.1. The molecule has 1 amide bonds. The molecule has 0 spiro atoms. The maximum Gasteiger partial charge on any atom is 0.262 e. The Morgan fingerprint density at radius 2 is 1.81 bits per heavy atom. The average Bonchev–Trinajstić information content (AvgIpc) is 2.63. The predicted molar refractivity (Wildman–Crippen MR) is 107 cm³/mol. The first-order valence-electron chi connectivity index (χ1n) is 9.26. The van der Waals surface area contributed by atoms with E-state index in [0.29, 0.717) is 22.7 Å². The molecule has 3 rings (SSSR count). The molecule has 1 N–H and O–H groups in total. The number of likely N-dealkylation sites (tertiary alicyclic amines) is 1. The van der Waals surface area contributed by atoms with Gasteiger partial charge in [0.2, 0.25) is 0 Å². The highest BCUT2D eigenvalue weighted by atomic mass is 32.2. The van der Waals surface area contributed by atoms with Crippen molar-refractivity contribution in [1.82, 2.24) is 4.90 Å². The molecule has 1 aliphatic heterocycles. The number of sulfonamides is 1. The molecule has 144 valence electrons. The van der Waals surface area contributed by atoms with E-state index >= 15 is 0 Å². The van der Waals surface area contributed by atoms with Crippen LogP contribution in [0.5, 0.6) is 0 Å². The topological polar surface area (TPSA) is 66.5 Å². The van der Waals surface area contributed by atoms with Crippen LogP contribution in [-0.4, -0.2) is 32.3 Å². The van der Waals surface area contributed by atoms with Crippen molar-refractivity contribution in [2.75, 3.05) is 17.8 Å². The second kappa shape index (κ2) is 7.72. The minimum atomic E-state index is -3.78. The van der Waals surface area contributed by atoms with Crippen LogP contribution in [0, 0.1) is 19.8 Å². The van der Waals surface area contributed by atoms with Crippen molar-refractivity contribution in [3.63, 3.8) is 0 Å². The van der Waals surface area contributed by atoms with E-state index in [4.69, 9.17) is 0 Å². The highest BCUT2D eigenvalue weighted by molar-refractivity contribution is 7.92. The Morgan fingerprint density at radius 1 is 1.11 bits per heavy atom. The van der Waals surface area contributed by atoms with Gasteiger partial charge in [0.15, 0.2) is 0 Å². The Labute approximate surface area is 161 Å². The highest BCUT2D eigenvalue weighted by Gasteiger charge is 2.24. The van der Waals surface area contributed by atoms with Gasteiger partial charge in [-0.05, 0) is 62.4 Å². The van der Waals surface area contributed by atoms with E-state index in [1.807, 2.05) is 24.0 Å². The maximum atomic E-state index is 12.9. The SMILES string of the molecule is Cc1ccc(NS(=O)(=O)c2cc(C(=O)N3CCC[C@H](C)C3)ccc2C)cc1. The third-order valence-electron chi connectivity index (χ3n) is 4.97. The molecular weight excluding hydrogens is 360 g/mol. The molecule has 0 radical (unpaired) electrons. The Hall–Kier alpha value is -2.34. The van der Waals surface area contributed by atoms with Gasteiger partial charge < -0.3 is 4.90 Å². The molecule has 0 aromatic heterocycles. The molecule has 27 heavy (non-hydrogen) atoms. The molecule has 1 aliphatic rings. The second-order valence-electron chi connectivity index (χ2n) is 7.45. The zero-order valence-electron chi connectivity index (χ0n) is 16.0. The molecule has 0 aliphatic carbocycles. The van der Waals surface area contributed by atoms with E-state index < -0.39 is 10.0 Å². The Bertz CT molecular complexity index is 936. The van der Waals surface area contributed by atoms with Crippen LogP contribution in [0.3, 0.4) is 0 Å². The van der Waals surface area contributed by atoms with Gasteiger partial charge in [-0.2, -0.15) is 0 Å². The van der Waals surface area contributed by atoms with Crippen molar-refractivity contribution < 1.29 is 13.2 Å². The lowest BCUT2D eigenvalue weighted by Gasteiger charge is -2.31. The number of rotatable bonds is 4. The standard InChI is InChI=1S/C21H26N2O3S/c1-15-6-10-19(11-7-15)22-27(25,26)20-13-18(9-8-17(20)3)21(24)23-12-4-5-16(2)14-23/h6-11,13,16,22H,4-5,12,14H2,1-3H3/t16-/m0/s1. The summed E-state index contributed by atoms with van der Waals surface area (Å²) in [5.41, 5.74) is 2.58. The summed E-state index contributed by atoms with van der Waals surface area (Å²) in [7, 11) is -3.78. The number of nitrogens with zero attached hydrogens (tertiary/aromatic N) is 1. The van der Waals surface area contributed by atoms with Gasteiger partial charge >= 0.3 is 0 Å². The first-order chi connectivity index (χ1) is 12.8. The summed E-state index contributed by atoms with van der Waals surface area (Å²) in [6.45, 7) is 7.26. The lowest BCUT2D eigenvalue weighted by Crippen LogP contribution is -2.39. The zero-order valence-corrected chi connectivity index (χ0v) is 16.8. The van der Waals surface area contributed by atoms with Gasteiger partial charge in [0.25, 0.3) is 15.9 Å². The molecule has 6 heteroatoms. The summed E-state index contributed by atoms with van der Waals surface area (Å²) in [4.78, 5) is 14.8. The lowest BCUT2D eigenvalue weighted by molar-refractivity contribution is 0.0683. The normalized spacial score (nSPS) is 17.6. The number of carbonyl (C=O) groups excluding carboxylic acids is 1. The number of nitrogens with one attached hydrogen (secondary N) is 1. The Kier molecular flexibility index (Phi) is 5.56. The van der Waals surface area contributed by atoms with Gasteiger partial charge in [0.05, 0.1) is 4.90 Å². The first-order valence-corrected chi connectivity index (χ1v) is 10.7. The van der Waals surface area contributed by atoms with Crippen LogP contribution in [0.4, 0.5) is 5.69 Å². The minimum Gasteiger partial charge on any atom is -0.338 e. The van der Waals surface area contributed by atoms with E-state index in [2.05, 4.69) is 11.6 Å². The Balaban J connectivity index is 1.88. The monoisotopic (exact) mass is 386 g/mol. The number of carbonyl (C=O) groups is 1. The van der Waals surface area contributed by atoms with Crippen molar-refractivity contribution >= 4 is 21.6 Å². The van der Waals surface area contributed by atoms with Crippen LogP contribution >= 0.6 is 0 Å². The smallest absolute Gasteiger partial charge is 0.262 e. The summed E-state index contributed by atoms with van der Waals surface area (Å²) >= 11 is 0. The Morgan fingerprint density at radius 3 is 2.48 bits per heavy atom. The van der Waals surface area contributed by atoms with Crippen molar-refractivity contribution in [1.29, 1.82) is 0 Å². The molecule has 0 bridgehead atoms. The van der Waals surface area contributed by atoms with Gasteiger partial charge in [0, 0.05) is 24.3 Å². The van der Waals surface area contributed by atoms with Crippen molar-refractivity contribution in [3.05, 3.63) is 59.2 Å². The number of aryl methyl sites for hydroxylation is 2. The van der Waals surface area contributed by atoms with Gasteiger partial charge in [-0.25, -0.2) is 8.42 Å². The zero-order chi connectivity index (χ0) is 19.6. The van der Waals surface area contributed by atoms with Crippen molar-refractivity contribution in [2.45, 2.75) is 38.5 Å². The molecule has 1 atom stereocenters. The largest absolute Gasteiger partial charge is 0.338 e. The van der Waals surface area contributed by atoms with Crippen LogP contribution < -0.4 is 4.72 Å². The fraction of sp³-hybridized carbons (Fsp3) is 0.381. The molecule has 5 nitrogen and oxygen atoms in total. The van der Waals surface area contributed by atoms with Crippen LogP contribution in [0.25, 0.3) is 0 Å². The molecule has 0 unspecified atom stereocenters. The molecule has 1 saturated heterocycles. The van der Waals surface area contributed by atoms with E-state index in [1.165, 1.54) is 6.07 Å². The van der Waals surface area contributed by atoms with Crippen LogP contribution in [0.2, 0.25) is 0 Å². The molecule has 2 aromatic carbocycles. The van der Waals surface area contributed by atoms with Gasteiger partial charge in [-0.1, -0.05) is 30.7 Å². The molecule has 1 heterocycles. The minimum absolute atomic E-state index is 0.103. The number of hydrogen-bond donors (Lipinski definition) is 1. The number of amides is 1. The van der Waals surface area contributed by atoms with Crippen molar-refractivity contribution in [3.8, 4) is 0 Å². The van der Waals surface area contributed by atoms with E-state index in [0.717, 1.165) is 31.5 Å². The van der Waals surface area contributed by atoms with E-state index in [9.17, 15) is 13.2 Å². The number of anilines is 1. The lowest BCUT2D eigenvalue weighted by atomic mass is 9.99. The quantitative estimate of drug-likeness (QED) is 0.864. The molecule has 2 aromatic rings. The van der Waals surface area contributed by atoms with Gasteiger partial charge in [-0.3, -0.25) is 9.52 Å². The maximum absolute atomic E-state index is 12.9. The van der Waals surface area contributed by atoms with E-state index in [-0.39, 0.29) is 10.8 Å². The highest BCUT2D eigenvalue weighted by Crippen LogP contribution is 2.23. The predicted octanol–water partition coefficient (Wildman–Crippen LogP) is 3.98. The molecule has 0 saturated carbocycles. The van der Waals surface area contributed by atoms with E-state index in [1.54, 1.807) is 31.2 Å². The van der Waals surface area contributed by atoms with Crippen LogP contribution in [-0.2, 0) is 10.0 Å². The number of hydrogen-bond acceptors (Lipinski definition) is 3.